The highest BCUT2D eigenvalue weighted by atomic mass is 16.4. The number of hydrogen-bond acceptors (Lipinski definition) is 3. The maximum absolute atomic E-state index is 12.5. The van der Waals surface area contributed by atoms with Crippen LogP contribution in [0.1, 0.15) is 44.9 Å². The molecule has 0 aromatic rings. The summed E-state index contributed by atoms with van der Waals surface area (Å²) in [5.74, 6) is -1.25. The minimum absolute atomic E-state index is 0.0165. The molecule has 1 amide bonds. The fourth-order valence-corrected chi connectivity index (χ4v) is 3.46. The smallest absolute Gasteiger partial charge is 0.306 e. The average Bonchev–Trinajstić information content (AvgIpc) is 3.05. The van der Waals surface area contributed by atoms with Gasteiger partial charge in [0, 0.05) is 18.5 Å². The van der Waals surface area contributed by atoms with Crippen molar-refractivity contribution in [2.24, 2.45) is 11.8 Å². The van der Waals surface area contributed by atoms with E-state index >= 15 is 0 Å². The van der Waals surface area contributed by atoms with Crippen LogP contribution in [0.5, 0.6) is 0 Å². The summed E-state index contributed by atoms with van der Waals surface area (Å²) in [6.07, 6.45) is 6.04. The van der Waals surface area contributed by atoms with Crippen molar-refractivity contribution in [1.82, 2.24) is 4.90 Å². The molecule has 0 aliphatic heterocycles. The summed E-state index contributed by atoms with van der Waals surface area (Å²) < 4.78 is 0. The summed E-state index contributed by atoms with van der Waals surface area (Å²) in [6.45, 7) is 0.370. The lowest BCUT2D eigenvalue weighted by molar-refractivity contribution is -0.142. The van der Waals surface area contributed by atoms with E-state index in [2.05, 4.69) is 0 Å². The number of carbonyl (C=O) groups excluding carboxylic acids is 1. The molecule has 5 heteroatoms. The molecular formula is C14H23NO4. The van der Waals surface area contributed by atoms with Crippen LogP contribution in [0.25, 0.3) is 0 Å². The van der Waals surface area contributed by atoms with Crippen molar-refractivity contribution in [1.29, 1.82) is 0 Å². The van der Waals surface area contributed by atoms with E-state index in [0.29, 0.717) is 25.8 Å². The normalized spacial score (nSPS) is 27.6. The van der Waals surface area contributed by atoms with Gasteiger partial charge in [0.25, 0.3) is 0 Å². The summed E-state index contributed by atoms with van der Waals surface area (Å²) in [7, 11) is 0. The highest BCUT2D eigenvalue weighted by Gasteiger charge is 2.37. The van der Waals surface area contributed by atoms with E-state index in [9.17, 15) is 9.59 Å². The molecule has 0 aromatic heterocycles. The zero-order chi connectivity index (χ0) is 13.8. The molecule has 2 rings (SSSR count). The topological polar surface area (TPSA) is 77.8 Å². The molecule has 0 saturated heterocycles. The number of aliphatic hydroxyl groups excluding tert-OH is 1. The van der Waals surface area contributed by atoms with Crippen LogP contribution >= 0.6 is 0 Å². The molecule has 0 bridgehead atoms. The van der Waals surface area contributed by atoms with Gasteiger partial charge in [-0.2, -0.15) is 0 Å². The van der Waals surface area contributed by atoms with E-state index in [1.165, 1.54) is 0 Å². The number of carboxylic acids is 1. The predicted octanol–water partition coefficient (Wildman–Crippen LogP) is 1.25. The van der Waals surface area contributed by atoms with Crippen LogP contribution in [-0.2, 0) is 9.59 Å². The minimum atomic E-state index is -0.787. The lowest BCUT2D eigenvalue weighted by atomic mass is 10.0. The molecule has 0 aromatic carbocycles. The maximum atomic E-state index is 12.5. The Labute approximate surface area is 113 Å². The Kier molecular flexibility index (Phi) is 4.80. The number of carboxylic acid groups (broad SMARTS) is 1. The molecule has 2 aliphatic rings. The molecule has 0 spiro atoms. The third kappa shape index (κ3) is 3.26. The second kappa shape index (κ2) is 6.37. The van der Waals surface area contributed by atoms with Crippen molar-refractivity contribution in [3.05, 3.63) is 0 Å². The summed E-state index contributed by atoms with van der Waals surface area (Å²) in [6, 6.07) is 0.253. The van der Waals surface area contributed by atoms with Crippen LogP contribution < -0.4 is 0 Å². The van der Waals surface area contributed by atoms with Gasteiger partial charge in [-0.25, -0.2) is 0 Å². The monoisotopic (exact) mass is 269 g/mol. The van der Waals surface area contributed by atoms with Crippen molar-refractivity contribution in [2.75, 3.05) is 13.2 Å². The standard InChI is InChI=1S/C14H23NO4/c16-8-7-15(12-3-1-2-4-12)13(17)10-5-6-11(9-10)14(18)19/h10-12,16H,1-9H2,(H,18,19)/t10-,11+/m1/s1. The van der Waals surface area contributed by atoms with E-state index in [-0.39, 0.29) is 30.4 Å². The summed E-state index contributed by atoms with van der Waals surface area (Å²) in [5.41, 5.74) is 0. The molecule has 0 radical (unpaired) electrons. The van der Waals surface area contributed by atoms with E-state index in [0.717, 1.165) is 25.7 Å². The van der Waals surface area contributed by atoms with E-state index in [4.69, 9.17) is 10.2 Å². The van der Waals surface area contributed by atoms with Gasteiger partial charge in [0.1, 0.15) is 0 Å². The lowest BCUT2D eigenvalue weighted by Gasteiger charge is -2.30. The molecule has 0 heterocycles. The number of amides is 1. The molecule has 2 N–H and O–H groups in total. The van der Waals surface area contributed by atoms with Gasteiger partial charge in [-0.1, -0.05) is 12.8 Å². The second-order valence-electron chi connectivity index (χ2n) is 5.74. The first-order valence-electron chi connectivity index (χ1n) is 7.27. The molecular weight excluding hydrogens is 246 g/mol. The highest BCUT2D eigenvalue weighted by molar-refractivity contribution is 5.81. The zero-order valence-corrected chi connectivity index (χ0v) is 11.3. The molecule has 0 unspecified atom stereocenters. The fraction of sp³-hybridized carbons (Fsp3) is 0.857. The number of aliphatic carboxylic acids is 1. The number of rotatable bonds is 5. The maximum Gasteiger partial charge on any atom is 0.306 e. The highest BCUT2D eigenvalue weighted by Crippen LogP contribution is 2.34. The Morgan fingerprint density at radius 1 is 1.05 bits per heavy atom. The Bertz CT molecular complexity index is 338. The molecule has 108 valence electrons. The Morgan fingerprint density at radius 2 is 1.68 bits per heavy atom. The third-order valence-corrected chi connectivity index (χ3v) is 4.52. The SMILES string of the molecule is O=C(O)[C@H]1CC[C@@H](C(=O)N(CCO)C2CCCC2)C1. The Morgan fingerprint density at radius 3 is 2.21 bits per heavy atom. The van der Waals surface area contributed by atoms with Crippen molar-refractivity contribution < 1.29 is 19.8 Å². The van der Waals surface area contributed by atoms with Gasteiger partial charge in [0.2, 0.25) is 5.91 Å². The van der Waals surface area contributed by atoms with Crippen molar-refractivity contribution in [3.8, 4) is 0 Å². The number of nitrogens with zero attached hydrogens (tertiary/aromatic N) is 1. The summed E-state index contributed by atoms with van der Waals surface area (Å²) >= 11 is 0. The molecule has 2 fully saturated rings. The van der Waals surface area contributed by atoms with E-state index < -0.39 is 5.97 Å². The fourth-order valence-electron chi connectivity index (χ4n) is 3.46. The quantitative estimate of drug-likeness (QED) is 0.787. The second-order valence-corrected chi connectivity index (χ2v) is 5.74. The summed E-state index contributed by atoms with van der Waals surface area (Å²) in [5, 5.41) is 18.1. The van der Waals surface area contributed by atoms with Gasteiger partial charge in [0.15, 0.2) is 0 Å². The van der Waals surface area contributed by atoms with Crippen molar-refractivity contribution >= 4 is 11.9 Å². The number of hydrogen-bond donors (Lipinski definition) is 2. The van der Waals surface area contributed by atoms with E-state index in [1.54, 1.807) is 0 Å². The van der Waals surface area contributed by atoms with Gasteiger partial charge >= 0.3 is 5.97 Å². The Hall–Kier alpha value is -1.10. The van der Waals surface area contributed by atoms with Gasteiger partial charge in [-0.15, -0.1) is 0 Å². The van der Waals surface area contributed by atoms with Crippen LogP contribution in [-0.4, -0.2) is 46.2 Å². The molecule has 2 atom stereocenters. The van der Waals surface area contributed by atoms with Gasteiger partial charge in [0.05, 0.1) is 12.5 Å². The molecule has 5 nitrogen and oxygen atoms in total. The number of aliphatic hydroxyl groups is 1. The minimum Gasteiger partial charge on any atom is -0.481 e. The summed E-state index contributed by atoms with van der Waals surface area (Å²) in [4.78, 5) is 25.3. The predicted molar refractivity (Wildman–Crippen MR) is 69.5 cm³/mol. The molecule has 2 aliphatic carbocycles. The largest absolute Gasteiger partial charge is 0.481 e. The number of carbonyl (C=O) groups is 2. The van der Waals surface area contributed by atoms with Crippen LogP contribution in [0, 0.1) is 11.8 Å². The van der Waals surface area contributed by atoms with E-state index in [1.807, 2.05) is 4.90 Å². The van der Waals surface area contributed by atoms with Gasteiger partial charge < -0.3 is 15.1 Å². The van der Waals surface area contributed by atoms with Crippen LogP contribution in [0.2, 0.25) is 0 Å². The van der Waals surface area contributed by atoms with Crippen LogP contribution in [0.15, 0.2) is 0 Å². The zero-order valence-electron chi connectivity index (χ0n) is 11.3. The molecule has 19 heavy (non-hydrogen) atoms. The van der Waals surface area contributed by atoms with Gasteiger partial charge in [-0.3, -0.25) is 9.59 Å². The first-order chi connectivity index (χ1) is 9.13. The van der Waals surface area contributed by atoms with Gasteiger partial charge in [-0.05, 0) is 32.1 Å². The first-order valence-corrected chi connectivity index (χ1v) is 7.27. The van der Waals surface area contributed by atoms with Crippen LogP contribution in [0.3, 0.4) is 0 Å². The average molecular weight is 269 g/mol. The Balaban J connectivity index is 1.97. The third-order valence-electron chi connectivity index (χ3n) is 4.52. The van der Waals surface area contributed by atoms with Crippen molar-refractivity contribution in [3.63, 3.8) is 0 Å². The lowest BCUT2D eigenvalue weighted by Crippen LogP contribution is -2.43. The molecule has 2 saturated carbocycles. The van der Waals surface area contributed by atoms with Crippen molar-refractivity contribution in [2.45, 2.75) is 51.0 Å². The van der Waals surface area contributed by atoms with Crippen LogP contribution in [0.4, 0.5) is 0 Å². The first kappa shape index (κ1) is 14.3.